The molecule has 0 fully saturated rings. The Morgan fingerprint density at radius 1 is 1.07 bits per heavy atom. The highest BCUT2D eigenvalue weighted by atomic mass is 35.5. The Kier molecular flexibility index (Phi) is 5.40. The molecule has 4 nitrogen and oxygen atoms in total. The van der Waals surface area contributed by atoms with E-state index < -0.39 is 11.8 Å². The molecule has 1 heterocycles. The van der Waals surface area contributed by atoms with Crippen molar-refractivity contribution >= 4 is 46.3 Å². The van der Waals surface area contributed by atoms with Gasteiger partial charge in [-0.1, -0.05) is 53.0 Å². The summed E-state index contributed by atoms with van der Waals surface area (Å²) < 4.78 is 0. The van der Waals surface area contributed by atoms with Gasteiger partial charge in [0, 0.05) is 22.8 Å². The third kappa shape index (κ3) is 3.64. The quantitative estimate of drug-likeness (QED) is 0.568. The summed E-state index contributed by atoms with van der Waals surface area (Å²) in [6.07, 6.45) is 1.51. The summed E-state index contributed by atoms with van der Waals surface area (Å²) in [6, 6.07) is 10.7. The van der Waals surface area contributed by atoms with Gasteiger partial charge in [0.15, 0.2) is 0 Å². The van der Waals surface area contributed by atoms with Gasteiger partial charge in [0.2, 0.25) is 0 Å². The molecule has 1 N–H and O–H groups in total. The lowest BCUT2D eigenvalue weighted by Crippen LogP contribution is -2.32. The number of rotatable bonds is 5. The number of aryl methyl sites for hydroxylation is 2. The Bertz CT molecular complexity index is 996. The normalized spacial score (nSPS) is 14.1. The van der Waals surface area contributed by atoms with Crippen molar-refractivity contribution in [3.8, 4) is 0 Å². The first-order valence-corrected chi connectivity index (χ1v) is 9.10. The fourth-order valence-electron chi connectivity index (χ4n) is 3.02. The molecule has 0 aliphatic carbocycles. The smallest absolute Gasteiger partial charge is 0.278 e. The van der Waals surface area contributed by atoms with Crippen LogP contribution >= 0.6 is 23.2 Å². The number of imide groups is 1. The zero-order chi connectivity index (χ0) is 19.7. The van der Waals surface area contributed by atoms with E-state index in [9.17, 15) is 9.59 Å². The Hall–Kier alpha value is -2.56. The number of carbonyl (C=O) groups excluding carboxylic acids is 2. The molecular formula is C21H18Cl2N2O2. The topological polar surface area (TPSA) is 49.4 Å². The van der Waals surface area contributed by atoms with E-state index in [0.29, 0.717) is 15.6 Å². The monoisotopic (exact) mass is 400 g/mol. The van der Waals surface area contributed by atoms with Gasteiger partial charge in [0.25, 0.3) is 11.8 Å². The van der Waals surface area contributed by atoms with Crippen LogP contribution < -0.4 is 5.32 Å². The molecule has 138 valence electrons. The Balaban J connectivity index is 2.15. The maximum atomic E-state index is 13.0. The molecule has 0 radical (unpaired) electrons. The average molecular weight is 401 g/mol. The zero-order valence-electron chi connectivity index (χ0n) is 15.0. The third-order valence-corrected chi connectivity index (χ3v) is 4.87. The molecule has 0 spiro atoms. The van der Waals surface area contributed by atoms with E-state index in [1.165, 1.54) is 6.08 Å². The van der Waals surface area contributed by atoms with Gasteiger partial charge in [-0.15, -0.1) is 6.58 Å². The number of anilines is 1. The molecule has 0 atom stereocenters. The van der Waals surface area contributed by atoms with Gasteiger partial charge >= 0.3 is 0 Å². The number of hydrogen-bond acceptors (Lipinski definition) is 3. The van der Waals surface area contributed by atoms with Crippen molar-refractivity contribution in [3.05, 3.63) is 81.5 Å². The van der Waals surface area contributed by atoms with Gasteiger partial charge in [0.05, 0.1) is 10.6 Å². The molecule has 6 heteroatoms. The van der Waals surface area contributed by atoms with E-state index in [4.69, 9.17) is 23.2 Å². The van der Waals surface area contributed by atoms with Crippen molar-refractivity contribution in [1.82, 2.24) is 4.90 Å². The number of benzene rings is 2. The summed E-state index contributed by atoms with van der Waals surface area (Å²) >= 11 is 12.3. The van der Waals surface area contributed by atoms with E-state index in [2.05, 4.69) is 11.9 Å². The fraction of sp³-hybridized carbons (Fsp3) is 0.143. The zero-order valence-corrected chi connectivity index (χ0v) is 16.5. The first kappa shape index (κ1) is 19.2. The highest BCUT2D eigenvalue weighted by Crippen LogP contribution is 2.35. The molecule has 2 aromatic carbocycles. The van der Waals surface area contributed by atoms with Crippen molar-refractivity contribution in [3.63, 3.8) is 0 Å². The van der Waals surface area contributed by atoms with Crippen molar-refractivity contribution in [1.29, 1.82) is 0 Å². The largest absolute Gasteiger partial charge is 0.350 e. The first-order valence-electron chi connectivity index (χ1n) is 8.34. The SMILES string of the molecule is C=CCN1C(=O)C(Nc2ccc(C)cc2C)=C(c2ccc(Cl)cc2Cl)C1=O. The van der Waals surface area contributed by atoms with Crippen molar-refractivity contribution < 1.29 is 9.59 Å². The summed E-state index contributed by atoms with van der Waals surface area (Å²) in [7, 11) is 0. The summed E-state index contributed by atoms with van der Waals surface area (Å²) in [5.74, 6) is -0.836. The van der Waals surface area contributed by atoms with Crippen LogP contribution in [-0.4, -0.2) is 23.3 Å². The maximum Gasteiger partial charge on any atom is 0.278 e. The lowest BCUT2D eigenvalue weighted by molar-refractivity contribution is -0.136. The van der Waals surface area contributed by atoms with Crippen LogP contribution in [0.2, 0.25) is 10.0 Å². The molecule has 2 aromatic rings. The van der Waals surface area contributed by atoms with Crippen molar-refractivity contribution in [2.45, 2.75) is 13.8 Å². The second-order valence-corrected chi connectivity index (χ2v) is 7.17. The lowest BCUT2D eigenvalue weighted by Gasteiger charge is -2.13. The summed E-state index contributed by atoms with van der Waals surface area (Å²) in [5, 5.41) is 3.89. The summed E-state index contributed by atoms with van der Waals surface area (Å²) in [6.45, 7) is 7.67. The number of hydrogen-bond donors (Lipinski definition) is 1. The predicted octanol–water partition coefficient (Wildman–Crippen LogP) is 4.99. The van der Waals surface area contributed by atoms with Gasteiger partial charge in [0.1, 0.15) is 5.70 Å². The molecule has 0 bridgehead atoms. The molecule has 1 aliphatic rings. The molecule has 3 rings (SSSR count). The van der Waals surface area contributed by atoms with Gasteiger partial charge in [-0.3, -0.25) is 14.5 Å². The van der Waals surface area contributed by atoms with Crippen LogP contribution in [0.3, 0.4) is 0 Å². The maximum absolute atomic E-state index is 13.0. The van der Waals surface area contributed by atoms with Crippen LogP contribution in [0.25, 0.3) is 5.57 Å². The van der Waals surface area contributed by atoms with E-state index in [1.54, 1.807) is 18.2 Å². The lowest BCUT2D eigenvalue weighted by atomic mass is 10.0. The molecule has 0 saturated heterocycles. The molecular weight excluding hydrogens is 383 g/mol. The standard InChI is InChI=1S/C21H18Cl2N2O2/c1-4-9-25-20(26)18(15-7-6-14(22)11-16(15)23)19(21(25)27)24-17-8-5-12(2)10-13(17)3/h4-8,10-11,24H,1,9H2,2-3H3. The number of nitrogens with one attached hydrogen (secondary N) is 1. The minimum absolute atomic E-state index is 0.116. The van der Waals surface area contributed by atoms with Gasteiger partial charge in [-0.2, -0.15) is 0 Å². The number of carbonyl (C=O) groups is 2. The van der Waals surface area contributed by atoms with Crippen LogP contribution in [0.1, 0.15) is 16.7 Å². The summed E-state index contributed by atoms with van der Waals surface area (Å²) in [5.41, 5.74) is 3.70. The average Bonchev–Trinajstić information content (AvgIpc) is 2.82. The molecule has 1 aliphatic heterocycles. The Morgan fingerprint density at radius 3 is 2.44 bits per heavy atom. The Morgan fingerprint density at radius 2 is 1.81 bits per heavy atom. The minimum Gasteiger partial charge on any atom is -0.350 e. The van der Waals surface area contributed by atoms with E-state index in [-0.39, 0.29) is 17.8 Å². The molecule has 0 unspecified atom stereocenters. The van der Waals surface area contributed by atoms with Gasteiger partial charge < -0.3 is 5.32 Å². The highest BCUT2D eigenvalue weighted by Gasteiger charge is 2.39. The van der Waals surface area contributed by atoms with E-state index in [0.717, 1.165) is 21.7 Å². The van der Waals surface area contributed by atoms with Crippen LogP contribution in [0.4, 0.5) is 5.69 Å². The number of amides is 2. The van der Waals surface area contributed by atoms with Gasteiger partial charge in [-0.05, 0) is 37.6 Å². The second-order valence-electron chi connectivity index (χ2n) is 6.33. The summed E-state index contributed by atoms with van der Waals surface area (Å²) in [4.78, 5) is 27.0. The molecule has 27 heavy (non-hydrogen) atoms. The van der Waals surface area contributed by atoms with Crippen LogP contribution in [-0.2, 0) is 9.59 Å². The predicted molar refractivity (Wildman–Crippen MR) is 110 cm³/mol. The third-order valence-electron chi connectivity index (χ3n) is 4.32. The van der Waals surface area contributed by atoms with Crippen molar-refractivity contribution in [2.75, 3.05) is 11.9 Å². The minimum atomic E-state index is -0.420. The fourth-order valence-corrected chi connectivity index (χ4v) is 3.52. The highest BCUT2D eigenvalue weighted by molar-refractivity contribution is 6.41. The van der Waals surface area contributed by atoms with Gasteiger partial charge in [-0.25, -0.2) is 0 Å². The molecule has 2 amide bonds. The second kappa shape index (κ2) is 7.59. The van der Waals surface area contributed by atoms with Crippen LogP contribution in [0.15, 0.2) is 54.8 Å². The Labute approximate surface area is 168 Å². The van der Waals surface area contributed by atoms with Crippen molar-refractivity contribution in [2.24, 2.45) is 0 Å². The number of halogens is 2. The van der Waals surface area contributed by atoms with E-state index >= 15 is 0 Å². The van der Waals surface area contributed by atoms with Crippen LogP contribution in [0, 0.1) is 13.8 Å². The molecule has 0 aromatic heterocycles. The van der Waals surface area contributed by atoms with E-state index in [1.807, 2.05) is 32.0 Å². The molecule has 0 saturated carbocycles. The number of nitrogens with zero attached hydrogens (tertiary/aromatic N) is 1. The first-order chi connectivity index (χ1) is 12.8. The van der Waals surface area contributed by atoms with Crippen LogP contribution in [0.5, 0.6) is 0 Å².